The van der Waals surface area contributed by atoms with Gasteiger partial charge >= 0.3 is 0 Å². The van der Waals surface area contributed by atoms with E-state index in [-0.39, 0.29) is 0 Å². The van der Waals surface area contributed by atoms with Crippen LogP contribution >= 0.6 is 24.0 Å². The molecule has 1 aromatic carbocycles. The molecule has 1 saturated heterocycles. The van der Waals surface area contributed by atoms with Gasteiger partial charge in [-0.25, -0.2) is 0 Å². The number of hydrogen-bond donors (Lipinski definition) is 0. The van der Waals surface area contributed by atoms with Gasteiger partial charge in [0.2, 0.25) is 0 Å². The number of thiocarbonyl (C=S) groups is 1. The van der Waals surface area contributed by atoms with Gasteiger partial charge in [-0.3, -0.25) is 0 Å². The van der Waals surface area contributed by atoms with Crippen molar-refractivity contribution in [3.63, 3.8) is 0 Å². The number of nitrogens with zero attached hydrogens (tertiary/aromatic N) is 1. The highest BCUT2D eigenvalue weighted by Crippen LogP contribution is 2.17. The number of likely N-dealkylation sites (tertiary alicyclic amines) is 1. The summed E-state index contributed by atoms with van der Waals surface area (Å²) in [7, 11) is 0. The highest BCUT2D eigenvalue weighted by Gasteiger charge is 2.14. The second-order valence-electron chi connectivity index (χ2n) is 4.40. The first kappa shape index (κ1) is 12.9. The SMILES string of the molecule is S=C(SCCCc1ccccc1)N1CCCC1. The van der Waals surface area contributed by atoms with Gasteiger partial charge in [-0.2, -0.15) is 0 Å². The lowest BCUT2D eigenvalue weighted by Gasteiger charge is -2.17. The third-order valence-corrected chi connectivity index (χ3v) is 4.65. The summed E-state index contributed by atoms with van der Waals surface area (Å²) >= 11 is 7.28. The Balaban J connectivity index is 1.61. The fourth-order valence-electron chi connectivity index (χ4n) is 2.07. The van der Waals surface area contributed by atoms with Gasteiger partial charge < -0.3 is 4.90 Å². The van der Waals surface area contributed by atoms with Crippen LogP contribution < -0.4 is 0 Å². The summed E-state index contributed by atoms with van der Waals surface area (Å²) in [5.74, 6) is 1.14. The van der Waals surface area contributed by atoms with Gasteiger partial charge in [-0.1, -0.05) is 54.3 Å². The molecule has 0 saturated carbocycles. The number of thioether (sulfide) groups is 1. The van der Waals surface area contributed by atoms with Crippen LogP contribution in [0.25, 0.3) is 0 Å². The van der Waals surface area contributed by atoms with Crippen molar-refractivity contribution in [2.45, 2.75) is 25.7 Å². The summed E-state index contributed by atoms with van der Waals surface area (Å²) in [4.78, 5) is 2.35. The molecule has 1 heterocycles. The molecular formula is C14H19NS2. The Bertz CT molecular complexity index is 344. The second-order valence-corrected chi connectivity index (χ2v) is 6.13. The van der Waals surface area contributed by atoms with E-state index in [1.807, 2.05) is 11.8 Å². The first-order chi connectivity index (χ1) is 8.36. The maximum Gasteiger partial charge on any atom is 0.136 e. The Hall–Kier alpha value is -0.540. The zero-order valence-corrected chi connectivity index (χ0v) is 11.7. The van der Waals surface area contributed by atoms with Crippen molar-refractivity contribution in [3.05, 3.63) is 35.9 Å². The van der Waals surface area contributed by atoms with Crippen molar-refractivity contribution in [1.82, 2.24) is 4.90 Å². The minimum absolute atomic E-state index is 1.11. The summed E-state index contributed by atoms with van der Waals surface area (Å²) < 4.78 is 1.11. The van der Waals surface area contributed by atoms with Crippen LogP contribution in [0.3, 0.4) is 0 Å². The molecular weight excluding hydrogens is 246 g/mol. The number of rotatable bonds is 4. The molecule has 1 nitrogen and oxygen atoms in total. The molecule has 3 heteroatoms. The standard InChI is InChI=1S/C14H19NS2/c16-14(15-10-4-5-11-15)17-12-6-9-13-7-2-1-3-8-13/h1-3,7-8H,4-6,9-12H2. The predicted molar refractivity (Wildman–Crippen MR) is 80.6 cm³/mol. The van der Waals surface area contributed by atoms with Crippen LogP contribution in [0.1, 0.15) is 24.8 Å². The van der Waals surface area contributed by atoms with Crippen molar-refractivity contribution < 1.29 is 0 Å². The van der Waals surface area contributed by atoms with E-state index in [1.165, 1.54) is 37.9 Å². The van der Waals surface area contributed by atoms with E-state index in [2.05, 4.69) is 35.2 Å². The van der Waals surface area contributed by atoms with Crippen molar-refractivity contribution in [3.8, 4) is 0 Å². The Morgan fingerprint density at radius 2 is 1.88 bits per heavy atom. The monoisotopic (exact) mass is 265 g/mol. The van der Waals surface area contributed by atoms with Gasteiger partial charge in [0.15, 0.2) is 0 Å². The van der Waals surface area contributed by atoms with Crippen molar-refractivity contribution >= 4 is 28.3 Å². The van der Waals surface area contributed by atoms with E-state index < -0.39 is 0 Å². The highest BCUT2D eigenvalue weighted by molar-refractivity contribution is 8.22. The van der Waals surface area contributed by atoms with E-state index in [0.717, 1.165) is 16.5 Å². The molecule has 0 aromatic heterocycles. The lowest BCUT2D eigenvalue weighted by Crippen LogP contribution is -2.23. The zero-order chi connectivity index (χ0) is 11.9. The third-order valence-electron chi connectivity index (χ3n) is 3.04. The van der Waals surface area contributed by atoms with Gasteiger partial charge in [0.1, 0.15) is 4.32 Å². The molecule has 0 radical (unpaired) electrons. The van der Waals surface area contributed by atoms with Crippen LogP contribution in [0, 0.1) is 0 Å². The Morgan fingerprint density at radius 1 is 1.18 bits per heavy atom. The predicted octanol–water partition coefficient (Wildman–Crippen LogP) is 3.73. The van der Waals surface area contributed by atoms with Gasteiger partial charge in [0.05, 0.1) is 0 Å². The van der Waals surface area contributed by atoms with Crippen LogP contribution in [0.2, 0.25) is 0 Å². The summed E-state index contributed by atoms with van der Waals surface area (Å²) in [5, 5.41) is 0. The van der Waals surface area contributed by atoms with Crippen LogP contribution in [0.4, 0.5) is 0 Å². The van der Waals surface area contributed by atoms with Crippen LogP contribution in [-0.2, 0) is 6.42 Å². The lowest BCUT2D eigenvalue weighted by molar-refractivity contribution is 0.539. The molecule has 0 bridgehead atoms. The molecule has 0 aliphatic carbocycles. The highest BCUT2D eigenvalue weighted by atomic mass is 32.2. The van der Waals surface area contributed by atoms with Gasteiger partial charge in [-0.15, -0.1) is 0 Å². The first-order valence-electron chi connectivity index (χ1n) is 6.32. The first-order valence-corrected chi connectivity index (χ1v) is 7.71. The average Bonchev–Trinajstić information content (AvgIpc) is 2.89. The zero-order valence-electron chi connectivity index (χ0n) is 10.1. The molecule has 0 amide bonds. The quantitative estimate of drug-likeness (QED) is 0.603. The molecule has 0 spiro atoms. The smallest absolute Gasteiger partial charge is 0.136 e. The minimum Gasteiger partial charge on any atom is -0.358 e. The fourth-order valence-corrected chi connectivity index (χ4v) is 3.33. The minimum atomic E-state index is 1.11. The summed E-state index contributed by atoms with van der Waals surface area (Å²) in [6.07, 6.45) is 4.99. The van der Waals surface area contributed by atoms with Crippen molar-refractivity contribution in [1.29, 1.82) is 0 Å². The summed E-state index contributed by atoms with van der Waals surface area (Å²) in [5.41, 5.74) is 1.43. The van der Waals surface area contributed by atoms with Crippen LogP contribution in [-0.4, -0.2) is 28.1 Å². The largest absolute Gasteiger partial charge is 0.358 e. The van der Waals surface area contributed by atoms with Gasteiger partial charge in [0, 0.05) is 18.8 Å². The molecule has 17 heavy (non-hydrogen) atoms. The molecule has 92 valence electrons. The van der Waals surface area contributed by atoms with E-state index in [0.29, 0.717) is 0 Å². The normalized spacial score (nSPS) is 15.2. The summed E-state index contributed by atoms with van der Waals surface area (Å²) in [6.45, 7) is 2.34. The molecule has 1 aromatic rings. The Labute approximate surface area is 114 Å². The number of benzene rings is 1. The second kappa shape index (κ2) is 7.02. The Morgan fingerprint density at radius 3 is 2.59 bits per heavy atom. The maximum absolute atomic E-state index is 5.43. The molecule has 0 atom stereocenters. The van der Waals surface area contributed by atoms with E-state index in [1.54, 1.807) is 0 Å². The van der Waals surface area contributed by atoms with Crippen LogP contribution in [0.5, 0.6) is 0 Å². The number of aryl methyl sites for hydroxylation is 1. The maximum atomic E-state index is 5.43. The van der Waals surface area contributed by atoms with E-state index in [9.17, 15) is 0 Å². The fraction of sp³-hybridized carbons (Fsp3) is 0.500. The topological polar surface area (TPSA) is 3.24 Å². The molecule has 0 unspecified atom stereocenters. The molecule has 1 aliphatic rings. The summed E-state index contributed by atoms with van der Waals surface area (Å²) in [6, 6.07) is 10.7. The average molecular weight is 265 g/mol. The lowest BCUT2D eigenvalue weighted by atomic mass is 10.1. The van der Waals surface area contributed by atoms with Crippen LogP contribution in [0.15, 0.2) is 30.3 Å². The van der Waals surface area contributed by atoms with Gasteiger partial charge in [0.25, 0.3) is 0 Å². The van der Waals surface area contributed by atoms with E-state index >= 15 is 0 Å². The van der Waals surface area contributed by atoms with Crippen molar-refractivity contribution in [2.75, 3.05) is 18.8 Å². The number of hydrogen-bond acceptors (Lipinski definition) is 2. The van der Waals surface area contributed by atoms with Gasteiger partial charge in [-0.05, 0) is 31.2 Å². The third kappa shape index (κ3) is 4.32. The Kier molecular flexibility index (Phi) is 5.33. The molecule has 1 aliphatic heterocycles. The molecule has 2 rings (SSSR count). The molecule has 1 fully saturated rings. The molecule has 0 N–H and O–H groups in total. The van der Waals surface area contributed by atoms with Crippen molar-refractivity contribution in [2.24, 2.45) is 0 Å². The van der Waals surface area contributed by atoms with E-state index in [4.69, 9.17) is 12.2 Å².